The first-order valence-corrected chi connectivity index (χ1v) is 6.31. The Bertz CT molecular complexity index is 214. The summed E-state index contributed by atoms with van der Waals surface area (Å²) in [6.45, 7) is 5.37. The Kier molecular flexibility index (Phi) is 2.83. The van der Waals surface area contributed by atoms with Gasteiger partial charge in [0.25, 0.3) is 0 Å². The number of hydrogen-bond acceptors (Lipinski definition) is 1. The van der Waals surface area contributed by atoms with E-state index in [-0.39, 0.29) is 5.60 Å². The predicted octanol–water partition coefficient (Wildman–Crippen LogP) is 3.60. The van der Waals surface area contributed by atoms with Gasteiger partial charge in [-0.25, -0.2) is 0 Å². The molecule has 0 aromatic heterocycles. The molecule has 2 aliphatic rings. The van der Waals surface area contributed by atoms with Gasteiger partial charge in [-0.05, 0) is 50.9 Å². The van der Waals surface area contributed by atoms with Crippen LogP contribution in [0, 0.1) is 11.3 Å². The Labute approximate surface area is 92.2 Å². The molecule has 0 amide bonds. The van der Waals surface area contributed by atoms with Crippen LogP contribution < -0.4 is 0 Å². The van der Waals surface area contributed by atoms with Crippen molar-refractivity contribution in [3.63, 3.8) is 0 Å². The van der Waals surface area contributed by atoms with Crippen molar-refractivity contribution in [1.29, 1.82) is 0 Å². The Morgan fingerprint density at radius 3 is 2.79 bits per heavy atom. The summed E-state index contributed by atoms with van der Waals surface area (Å²) in [6.07, 6.45) is 6.51. The van der Waals surface area contributed by atoms with Gasteiger partial charge in [0.2, 0.25) is 0 Å². The Morgan fingerprint density at radius 2 is 2.14 bits per heavy atom. The van der Waals surface area contributed by atoms with Gasteiger partial charge in [-0.1, -0.05) is 6.42 Å². The van der Waals surface area contributed by atoms with Crippen molar-refractivity contribution >= 4 is 11.6 Å². The van der Waals surface area contributed by atoms with Gasteiger partial charge < -0.3 is 4.74 Å². The fraction of sp³-hybridized carbons (Fsp3) is 1.00. The van der Waals surface area contributed by atoms with E-state index in [1.165, 1.54) is 32.1 Å². The zero-order chi connectivity index (χ0) is 10.2. The second-order valence-electron chi connectivity index (χ2n) is 5.64. The lowest BCUT2D eigenvalue weighted by molar-refractivity contribution is -0.113. The molecule has 82 valence electrons. The Balaban J connectivity index is 2.14. The molecule has 2 atom stereocenters. The molecule has 1 heterocycles. The van der Waals surface area contributed by atoms with Crippen molar-refractivity contribution in [2.45, 2.75) is 51.6 Å². The quantitative estimate of drug-likeness (QED) is 0.609. The highest BCUT2D eigenvalue weighted by molar-refractivity contribution is 6.18. The lowest BCUT2D eigenvalue weighted by Gasteiger charge is -2.46. The third-order valence-corrected chi connectivity index (χ3v) is 4.52. The van der Waals surface area contributed by atoms with E-state index in [0.29, 0.717) is 5.41 Å². The lowest BCUT2D eigenvalue weighted by atomic mass is 9.68. The number of hydrogen-bond donors (Lipinski definition) is 0. The largest absolute Gasteiger partial charge is 0.376 e. The van der Waals surface area contributed by atoms with Gasteiger partial charge in [0.1, 0.15) is 0 Å². The van der Waals surface area contributed by atoms with Crippen molar-refractivity contribution in [3.05, 3.63) is 0 Å². The molecule has 1 aliphatic heterocycles. The second-order valence-corrected chi connectivity index (χ2v) is 5.95. The number of rotatable bonds is 1. The molecule has 1 saturated carbocycles. The van der Waals surface area contributed by atoms with Crippen molar-refractivity contribution in [2.75, 3.05) is 12.5 Å². The topological polar surface area (TPSA) is 9.23 Å². The molecule has 0 aromatic rings. The smallest absolute Gasteiger partial charge is 0.0631 e. The van der Waals surface area contributed by atoms with Crippen LogP contribution in [-0.2, 0) is 4.74 Å². The summed E-state index contributed by atoms with van der Waals surface area (Å²) in [4.78, 5) is 0. The Morgan fingerprint density at radius 1 is 1.36 bits per heavy atom. The molecule has 1 aliphatic carbocycles. The molecule has 2 unspecified atom stereocenters. The Hall–Kier alpha value is 0.250. The van der Waals surface area contributed by atoms with Crippen LogP contribution in [0.4, 0.5) is 0 Å². The summed E-state index contributed by atoms with van der Waals surface area (Å²) in [5.41, 5.74) is 0.594. The fourth-order valence-corrected chi connectivity index (χ4v) is 4.01. The van der Waals surface area contributed by atoms with Crippen LogP contribution >= 0.6 is 11.6 Å². The minimum atomic E-state index is 0.0763. The maximum absolute atomic E-state index is 6.08. The van der Waals surface area contributed by atoms with E-state index in [9.17, 15) is 0 Å². The molecule has 2 heteroatoms. The summed E-state index contributed by atoms with van der Waals surface area (Å²) in [5.74, 6) is 1.59. The standard InChI is InChI=1S/C12H21ClO/c1-11(2)9-12(6-7-14-11)5-3-4-10(12)8-13/h10H,3-9H2,1-2H3. The van der Waals surface area contributed by atoms with E-state index in [2.05, 4.69) is 13.8 Å². The zero-order valence-corrected chi connectivity index (χ0v) is 10.1. The average Bonchev–Trinajstić information content (AvgIpc) is 2.45. The van der Waals surface area contributed by atoms with Gasteiger partial charge in [0.15, 0.2) is 0 Å². The maximum Gasteiger partial charge on any atom is 0.0631 e. The molecule has 14 heavy (non-hydrogen) atoms. The fourth-order valence-electron chi connectivity index (χ4n) is 3.53. The van der Waals surface area contributed by atoms with Crippen molar-refractivity contribution in [1.82, 2.24) is 0 Å². The first kappa shape index (κ1) is 10.8. The van der Waals surface area contributed by atoms with Crippen LogP contribution in [0.3, 0.4) is 0 Å². The number of ether oxygens (including phenoxy) is 1. The normalized spacial score (nSPS) is 41.8. The van der Waals surface area contributed by atoms with Crippen LogP contribution in [0.25, 0.3) is 0 Å². The molecule has 0 radical (unpaired) electrons. The third kappa shape index (κ3) is 1.81. The summed E-state index contributed by atoms with van der Waals surface area (Å²) < 4.78 is 5.80. The van der Waals surface area contributed by atoms with E-state index >= 15 is 0 Å². The van der Waals surface area contributed by atoms with Gasteiger partial charge in [0.05, 0.1) is 5.60 Å². The maximum atomic E-state index is 6.08. The van der Waals surface area contributed by atoms with E-state index in [1.54, 1.807) is 0 Å². The van der Waals surface area contributed by atoms with Crippen LogP contribution in [0.1, 0.15) is 46.0 Å². The van der Waals surface area contributed by atoms with Crippen LogP contribution in [0.5, 0.6) is 0 Å². The van der Waals surface area contributed by atoms with Crippen molar-refractivity contribution in [3.8, 4) is 0 Å². The monoisotopic (exact) mass is 216 g/mol. The number of alkyl halides is 1. The average molecular weight is 217 g/mol. The molecule has 1 spiro atoms. The molecule has 2 rings (SSSR count). The first-order valence-electron chi connectivity index (χ1n) is 5.78. The molecular weight excluding hydrogens is 196 g/mol. The van der Waals surface area contributed by atoms with Gasteiger partial charge >= 0.3 is 0 Å². The van der Waals surface area contributed by atoms with Crippen molar-refractivity contribution in [2.24, 2.45) is 11.3 Å². The van der Waals surface area contributed by atoms with E-state index in [4.69, 9.17) is 16.3 Å². The predicted molar refractivity (Wildman–Crippen MR) is 59.8 cm³/mol. The molecule has 0 bridgehead atoms. The second kappa shape index (κ2) is 3.68. The van der Waals surface area contributed by atoms with Crippen LogP contribution in [0.2, 0.25) is 0 Å². The molecule has 1 nitrogen and oxygen atoms in total. The molecule has 0 aromatic carbocycles. The van der Waals surface area contributed by atoms with Crippen LogP contribution in [0.15, 0.2) is 0 Å². The van der Waals surface area contributed by atoms with Gasteiger partial charge in [0, 0.05) is 12.5 Å². The minimum absolute atomic E-state index is 0.0763. The molecule has 1 saturated heterocycles. The van der Waals surface area contributed by atoms with E-state index < -0.39 is 0 Å². The van der Waals surface area contributed by atoms with E-state index in [0.717, 1.165) is 18.4 Å². The van der Waals surface area contributed by atoms with Crippen molar-refractivity contribution < 1.29 is 4.74 Å². The summed E-state index contributed by atoms with van der Waals surface area (Å²) in [6, 6.07) is 0. The molecule has 2 fully saturated rings. The minimum Gasteiger partial charge on any atom is -0.376 e. The first-order chi connectivity index (χ1) is 6.58. The highest BCUT2D eigenvalue weighted by Gasteiger charge is 2.47. The molecule has 0 N–H and O–H groups in total. The lowest BCUT2D eigenvalue weighted by Crippen LogP contribution is -2.43. The van der Waals surface area contributed by atoms with Gasteiger partial charge in [-0.3, -0.25) is 0 Å². The van der Waals surface area contributed by atoms with Crippen LogP contribution in [-0.4, -0.2) is 18.1 Å². The zero-order valence-electron chi connectivity index (χ0n) is 9.31. The summed E-state index contributed by atoms with van der Waals surface area (Å²) in [5, 5.41) is 0. The molecular formula is C12H21ClO. The highest BCUT2D eigenvalue weighted by Crippen LogP contribution is 2.53. The van der Waals surface area contributed by atoms with E-state index in [1.807, 2.05) is 0 Å². The third-order valence-electron chi connectivity index (χ3n) is 4.15. The van der Waals surface area contributed by atoms with Gasteiger partial charge in [-0.15, -0.1) is 11.6 Å². The highest BCUT2D eigenvalue weighted by atomic mass is 35.5. The SMILES string of the molecule is CC1(C)CC2(CCCC2CCl)CCO1. The summed E-state index contributed by atoms with van der Waals surface area (Å²) >= 11 is 6.08. The van der Waals surface area contributed by atoms with Gasteiger partial charge in [-0.2, -0.15) is 0 Å². The summed E-state index contributed by atoms with van der Waals surface area (Å²) in [7, 11) is 0. The number of halogens is 1.